The second-order valence-corrected chi connectivity index (χ2v) is 8.42. The van der Waals surface area contributed by atoms with Crippen LogP contribution in [0.4, 0.5) is 0 Å². The first-order chi connectivity index (χ1) is 14.7. The van der Waals surface area contributed by atoms with Crippen LogP contribution in [0.5, 0.6) is 0 Å². The Kier molecular flexibility index (Phi) is 5.13. The number of nitrogens with zero attached hydrogens (tertiary/aromatic N) is 4. The minimum Gasteiger partial charge on any atom is -0.337 e. The number of likely N-dealkylation sites (tertiary alicyclic amines) is 1. The average molecular weight is 401 g/mol. The second kappa shape index (κ2) is 8.07. The number of piperidine rings is 1. The molecule has 1 fully saturated rings. The summed E-state index contributed by atoms with van der Waals surface area (Å²) < 4.78 is 1.72. The maximum absolute atomic E-state index is 13.2. The highest BCUT2D eigenvalue weighted by Gasteiger charge is 2.30. The Hall–Kier alpha value is -2.92. The van der Waals surface area contributed by atoms with Gasteiger partial charge in [0.05, 0.1) is 5.69 Å². The van der Waals surface area contributed by atoms with E-state index in [1.165, 1.54) is 11.1 Å². The molecule has 3 aromatic rings. The van der Waals surface area contributed by atoms with Gasteiger partial charge in [0.2, 0.25) is 0 Å². The molecule has 0 atom stereocenters. The maximum Gasteiger partial charge on any atom is 0.272 e. The van der Waals surface area contributed by atoms with Gasteiger partial charge in [-0.1, -0.05) is 54.6 Å². The van der Waals surface area contributed by atoms with Crippen molar-refractivity contribution in [3.05, 3.63) is 77.5 Å². The van der Waals surface area contributed by atoms with Crippen molar-refractivity contribution in [2.45, 2.75) is 31.8 Å². The van der Waals surface area contributed by atoms with Gasteiger partial charge in [0, 0.05) is 44.8 Å². The van der Waals surface area contributed by atoms with E-state index >= 15 is 0 Å². The van der Waals surface area contributed by atoms with Crippen LogP contribution in [0.25, 0.3) is 11.3 Å². The number of rotatable bonds is 3. The molecule has 0 N–H and O–H groups in total. The van der Waals surface area contributed by atoms with Gasteiger partial charge < -0.3 is 4.90 Å². The lowest BCUT2D eigenvalue weighted by Crippen LogP contribution is -2.48. The first-order valence-corrected chi connectivity index (χ1v) is 10.9. The summed E-state index contributed by atoms with van der Waals surface area (Å²) in [4.78, 5) is 17.8. The van der Waals surface area contributed by atoms with Crippen LogP contribution >= 0.6 is 0 Å². The largest absolute Gasteiger partial charge is 0.337 e. The molecule has 0 bridgehead atoms. The predicted octanol–water partition coefficient (Wildman–Crippen LogP) is 3.75. The van der Waals surface area contributed by atoms with E-state index in [4.69, 9.17) is 0 Å². The molecule has 5 heteroatoms. The molecule has 1 aromatic heterocycles. The van der Waals surface area contributed by atoms with Gasteiger partial charge >= 0.3 is 0 Å². The molecule has 154 valence electrons. The van der Waals surface area contributed by atoms with Crippen LogP contribution in [0.2, 0.25) is 0 Å². The third-order valence-corrected chi connectivity index (χ3v) is 6.60. The van der Waals surface area contributed by atoms with Crippen LogP contribution in [0.1, 0.15) is 34.5 Å². The highest BCUT2D eigenvalue weighted by atomic mass is 16.2. The normalized spacial score (nSPS) is 17.7. The van der Waals surface area contributed by atoms with E-state index in [9.17, 15) is 4.79 Å². The first-order valence-electron chi connectivity index (χ1n) is 10.9. The van der Waals surface area contributed by atoms with Gasteiger partial charge in [0.1, 0.15) is 5.69 Å². The van der Waals surface area contributed by atoms with Gasteiger partial charge in [0.25, 0.3) is 5.91 Å². The quantitative estimate of drug-likeness (QED) is 0.672. The van der Waals surface area contributed by atoms with Crippen molar-refractivity contribution in [1.82, 2.24) is 19.6 Å². The van der Waals surface area contributed by atoms with E-state index in [0.29, 0.717) is 11.7 Å². The molecule has 0 saturated carbocycles. The molecule has 2 aliphatic rings. The zero-order valence-corrected chi connectivity index (χ0v) is 17.5. The van der Waals surface area contributed by atoms with Crippen LogP contribution in [0, 0.1) is 0 Å². The third kappa shape index (κ3) is 3.65. The monoisotopic (exact) mass is 400 g/mol. The molecule has 30 heavy (non-hydrogen) atoms. The molecule has 1 saturated heterocycles. The lowest BCUT2D eigenvalue weighted by molar-refractivity contribution is 0.0589. The summed E-state index contributed by atoms with van der Waals surface area (Å²) in [5, 5.41) is 4.57. The van der Waals surface area contributed by atoms with Crippen LogP contribution < -0.4 is 0 Å². The van der Waals surface area contributed by atoms with Gasteiger partial charge in [-0.25, -0.2) is 0 Å². The highest BCUT2D eigenvalue weighted by molar-refractivity contribution is 5.93. The lowest BCUT2D eigenvalue weighted by atomic mass is 9.95. The topological polar surface area (TPSA) is 41.4 Å². The Morgan fingerprint density at radius 3 is 2.40 bits per heavy atom. The van der Waals surface area contributed by atoms with E-state index in [2.05, 4.69) is 34.3 Å². The van der Waals surface area contributed by atoms with Crippen LogP contribution in [-0.2, 0) is 20.0 Å². The molecule has 2 aliphatic heterocycles. The Morgan fingerprint density at radius 2 is 1.63 bits per heavy atom. The summed E-state index contributed by atoms with van der Waals surface area (Å²) >= 11 is 0. The number of aryl methyl sites for hydroxylation is 1. The van der Waals surface area contributed by atoms with E-state index in [1.807, 2.05) is 48.3 Å². The molecular weight excluding hydrogens is 372 g/mol. The number of amides is 1. The van der Waals surface area contributed by atoms with Crippen molar-refractivity contribution in [2.75, 3.05) is 19.6 Å². The van der Waals surface area contributed by atoms with Crippen LogP contribution in [0.15, 0.2) is 60.7 Å². The maximum atomic E-state index is 13.2. The van der Waals surface area contributed by atoms with Crippen molar-refractivity contribution in [3.63, 3.8) is 0 Å². The molecule has 0 aliphatic carbocycles. The van der Waals surface area contributed by atoms with Crippen LogP contribution in [-0.4, -0.2) is 51.2 Å². The van der Waals surface area contributed by atoms with Crippen LogP contribution in [0.3, 0.4) is 0 Å². The Balaban J connectivity index is 1.23. The number of benzene rings is 2. The van der Waals surface area contributed by atoms with E-state index in [-0.39, 0.29) is 5.91 Å². The van der Waals surface area contributed by atoms with E-state index < -0.39 is 0 Å². The first kappa shape index (κ1) is 19.1. The van der Waals surface area contributed by atoms with Gasteiger partial charge in [-0.05, 0) is 36.5 Å². The highest BCUT2D eigenvalue weighted by Crippen LogP contribution is 2.26. The number of carbonyl (C=O) groups excluding carboxylic acids is 1. The van der Waals surface area contributed by atoms with Crippen molar-refractivity contribution in [2.24, 2.45) is 7.05 Å². The molecule has 0 spiro atoms. The average Bonchev–Trinajstić information content (AvgIpc) is 3.20. The van der Waals surface area contributed by atoms with Gasteiger partial charge in [0.15, 0.2) is 0 Å². The predicted molar refractivity (Wildman–Crippen MR) is 118 cm³/mol. The zero-order chi connectivity index (χ0) is 20.5. The fraction of sp³-hybridized carbons (Fsp3) is 0.360. The molecule has 0 unspecified atom stereocenters. The molecular formula is C25H28N4O. The number of carbonyl (C=O) groups is 1. The summed E-state index contributed by atoms with van der Waals surface area (Å²) in [5.74, 6) is 0.0922. The molecule has 1 amide bonds. The van der Waals surface area contributed by atoms with Gasteiger partial charge in [-0.15, -0.1) is 0 Å². The second-order valence-electron chi connectivity index (χ2n) is 8.42. The number of fused-ring (bicyclic) bond motifs is 1. The Morgan fingerprint density at radius 1 is 0.933 bits per heavy atom. The SMILES string of the molecule is Cn1nc(-c2ccccc2)cc1C(=O)N1CCC(N2CCc3ccccc3C2)CC1. The summed E-state index contributed by atoms with van der Waals surface area (Å²) in [5.41, 5.74) is 5.51. The number of aromatic nitrogens is 2. The Bertz CT molecular complexity index is 1030. The summed E-state index contributed by atoms with van der Waals surface area (Å²) in [6.45, 7) is 3.79. The minimum absolute atomic E-state index is 0.0922. The smallest absolute Gasteiger partial charge is 0.272 e. The molecule has 5 rings (SSSR count). The number of hydrogen-bond donors (Lipinski definition) is 0. The molecule has 0 radical (unpaired) electrons. The third-order valence-electron chi connectivity index (χ3n) is 6.60. The Labute approximate surface area is 177 Å². The summed E-state index contributed by atoms with van der Waals surface area (Å²) in [6, 6.07) is 21.3. The van der Waals surface area contributed by atoms with Gasteiger partial charge in [-0.2, -0.15) is 5.10 Å². The zero-order valence-electron chi connectivity index (χ0n) is 17.5. The fourth-order valence-corrected chi connectivity index (χ4v) is 4.84. The van der Waals surface area contributed by atoms with Crippen molar-refractivity contribution in [3.8, 4) is 11.3 Å². The van der Waals surface area contributed by atoms with Crippen molar-refractivity contribution < 1.29 is 4.79 Å². The van der Waals surface area contributed by atoms with Gasteiger partial charge in [-0.3, -0.25) is 14.4 Å². The summed E-state index contributed by atoms with van der Waals surface area (Å²) in [6.07, 6.45) is 3.21. The van der Waals surface area contributed by atoms with Crippen molar-refractivity contribution in [1.29, 1.82) is 0 Å². The fourth-order valence-electron chi connectivity index (χ4n) is 4.84. The van der Waals surface area contributed by atoms with E-state index in [0.717, 1.165) is 56.7 Å². The molecule has 2 aromatic carbocycles. The minimum atomic E-state index is 0.0922. The van der Waals surface area contributed by atoms with E-state index in [1.54, 1.807) is 4.68 Å². The number of hydrogen-bond acceptors (Lipinski definition) is 3. The standard InChI is InChI=1S/C25H28N4O/c1-27-24(17-23(26-27)20-8-3-2-4-9-20)25(30)28-15-12-22(13-16-28)29-14-11-19-7-5-6-10-21(19)18-29/h2-10,17,22H,11-16,18H2,1H3. The summed E-state index contributed by atoms with van der Waals surface area (Å²) in [7, 11) is 1.86. The van der Waals surface area contributed by atoms with Crippen molar-refractivity contribution >= 4 is 5.91 Å². The molecule has 5 nitrogen and oxygen atoms in total. The molecule has 3 heterocycles. The lowest BCUT2D eigenvalue weighted by Gasteiger charge is -2.40.